The number of sulfone groups is 1. The molecule has 2 aliphatic heterocycles. The van der Waals surface area contributed by atoms with Gasteiger partial charge < -0.3 is 9.80 Å². The van der Waals surface area contributed by atoms with Gasteiger partial charge in [0.2, 0.25) is 5.91 Å². The number of hydrogen-bond donors (Lipinski definition) is 0. The molecule has 6 heteroatoms. The zero-order chi connectivity index (χ0) is 15.0. The third kappa shape index (κ3) is 2.90. The molecule has 0 spiro atoms. The summed E-state index contributed by atoms with van der Waals surface area (Å²) in [5.74, 6) is 0.294. The number of anilines is 1. The zero-order valence-electron chi connectivity index (χ0n) is 12.2. The van der Waals surface area contributed by atoms with Gasteiger partial charge in [-0.1, -0.05) is 18.2 Å². The minimum absolute atomic E-state index is 0.00574. The third-order valence-corrected chi connectivity index (χ3v) is 6.21. The maximum Gasteiger partial charge on any atom is 0.242 e. The van der Waals surface area contributed by atoms with Crippen molar-refractivity contribution >= 4 is 21.4 Å². The first-order valence-corrected chi connectivity index (χ1v) is 9.07. The maximum absolute atomic E-state index is 12.4. The van der Waals surface area contributed by atoms with Crippen LogP contribution < -0.4 is 4.90 Å². The van der Waals surface area contributed by atoms with E-state index in [0.29, 0.717) is 13.0 Å². The van der Waals surface area contributed by atoms with Crippen molar-refractivity contribution in [3.8, 4) is 0 Å². The molecule has 114 valence electrons. The Balaban J connectivity index is 1.65. The number of carbonyl (C=O) groups excluding carboxylic acids is 1. The summed E-state index contributed by atoms with van der Waals surface area (Å²) in [5, 5.41) is 0. The number of benzene rings is 1. The van der Waals surface area contributed by atoms with Crippen molar-refractivity contribution in [2.75, 3.05) is 36.5 Å². The van der Waals surface area contributed by atoms with E-state index in [1.165, 1.54) is 5.56 Å². The van der Waals surface area contributed by atoms with Crippen LogP contribution in [0.5, 0.6) is 0 Å². The molecule has 2 heterocycles. The van der Waals surface area contributed by atoms with Gasteiger partial charge in [-0.2, -0.15) is 0 Å². The quantitative estimate of drug-likeness (QED) is 0.824. The van der Waals surface area contributed by atoms with Gasteiger partial charge in [-0.3, -0.25) is 4.79 Å². The van der Waals surface area contributed by atoms with Crippen molar-refractivity contribution in [3.63, 3.8) is 0 Å². The van der Waals surface area contributed by atoms with Crippen LogP contribution >= 0.6 is 0 Å². The lowest BCUT2D eigenvalue weighted by molar-refractivity contribution is -0.130. The zero-order valence-corrected chi connectivity index (χ0v) is 13.0. The van der Waals surface area contributed by atoms with Gasteiger partial charge in [0.05, 0.1) is 18.1 Å². The topological polar surface area (TPSA) is 57.7 Å². The van der Waals surface area contributed by atoms with Crippen molar-refractivity contribution in [1.82, 2.24) is 4.90 Å². The molecule has 1 atom stereocenters. The fraction of sp³-hybridized carbons (Fsp3) is 0.533. The summed E-state index contributed by atoms with van der Waals surface area (Å²) in [6.07, 6.45) is 1.52. The highest BCUT2D eigenvalue weighted by Gasteiger charge is 2.33. The summed E-state index contributed by atoms with van der Waals surface area (Å²) in [6, 6.07) is 7.96. The van der Waals surface area contributed by atoms with Crippen LogP contribution in [0.3, 0.4) is 0 Å². The van der Waals surface area contributed by atoms with E-state index in [1.807, 2.05) is 18.2 Å². The summed E-state index contributed by atoms with van der Waals surface area (Å²) in [5.41, 5.74) is 2.40. The molecule has 0 unspecified atom stereocenters. The Morgan fingerprint density at radius 3 is 2.86 bits per heavy atom. The molecule has 1 amide bonds. The Hall–Kier alpha value is -1.56. The summed E-state index contributed by atoms with van der Waals surface area (Å²) in [6.45, 7) is 1.17. The van der Waals surface area contributed by atoms with Gasteiger partial charge in [-0.05, 0) is 24.5 Å². The fourth-order valence-electron chi connectivity index (χ4n) is 3.13. The number of amides is 1. The van der Waals surface area contributed by atoms with Crippen LogP contribution in [0.4, 0.5) is 5.69 Å². The van der Waals surface area contributed by atoms with Crippen LogP contribution in [0, 0.1) is 0 Å². The van der Waals surface area contributed by atoms with Gasteiger partial charge >= 0.3 is 0 Å². The third-order valence-electron chi connectivity index (χ3n) is 4.46. The lowest BCUT2D eigenvalue weighted by atomic mass is 10.2. The van der Waals surface area contributed by atoms with Crippen molar-refractivity contribution in [1.29, 1.82) is 0 Å². The fourth-order valence-corrected chi connectivity index (χ4v) is 4.90. The van der Waals surface area contributed by atoms with Crippen LogP contribution in [-0.2, 0) is 21.1 Å². The molecule has 1 saturated heterocycles. The van der Waals surface area contributed by atoms with Crippen LogP contribution in [0.15, 0.2) is 24.3 Å². The summed E-state index contributed by atoms with van der Waals surface area (Å²) in [7, 11) is -1.24. The molecule has 3 rings (SSSR count). The van der Waals surface area contributed by atoms with E-state index in [4.69, 9.17) is 0 Å². The van der Waals surface area contributed by atoms with Gasteiger partial charge in [-0.15, -0.1) is 0 Å². The lowest BCUT2D eigenvalue weighted by Crippen LogP contribution is -2.43. The van der Waals surface area contributed by atoms with E-state index < -0.39 is 9.84 Å². The van der Waals surface area contributed by atoms with Gasteiger partial charge in [0, 0.05) is 25.3 Å². The Morgan fingerprint density at radius 1 is 1.38 bits per heavy atom. The van der Waals surface area contributed by atoms with E-state index in [-0.39, 0.29) is 23.5 Å². The van der Waals surface area contributed by atoms with E-state index in [9.17, 15) is 13.2 Å². The summed E-state index contributed by atoms with van der Waals surface area (Å²) in [4.78, 5) is 16.1. The van der Waals surface area contributed by atoms with Gasteiger partial charge in [-0.25, -0.2) is 8.42 Å². The monoisotopic (exact) mass is 308 g/mol. The molecule has 0 aliphatic carbocycles. The van der Waals surface area contributed by atoms with Crippen LogP contribution in [0.1, 0.15) is 12.0 Å². The highest BCUT2D eigenvalue weighted by atomic mass is 32.2. The van der Waals surface area contributed by atoms with Gasteiger partial charge in [0.25, 0.3) is 0 Å². The largest absolute Gasteiger partial charge is 0.362 e. The van der Waals surface area contributed by atoms with Gasteiger partial charge in [0.15, 0.2) is 9.84 Å². The summed E-state index contributed by atoms with van der Waals surface area (Å²) >= 11 is 0. The predicted molar refractivity (Wildman–Crippen MR) is 82.2 cm³/mol. The molecule has 0 N–H and O–H groups in total. The van der Waals surface area contributed by atoms with Crippen molar-refractivity contribution in [2.24, 2.45) is 0 Å². The summed E-state index contributed by atoms with van der Waals surface area (Å²) < 4.78 is 23.1. The molecular weight excluding hydrogens is 288 g/mol. The number of fused-ring (bicyclic) bond motifs is 1. The van der Waals surface area contributed by atoms with Crippen molar-refractivity contribution in [3.05, 3.63) is 29.8 Å². The standard InChI is InChI=1S/C15H20N2O3S/c1-16(13-7-9-21(19,20)11-13)15(18)10-17-8-6-12-4-2-3-5-14(12)17/h2-5,13H,6-11H2,1H3/t13-/m0/s1. The highest BCUT2D eigenvalue weighted by molar-refractivity contribution is 7.91. The minimum atomic E-state index is -2.96. The molecule has 5 nitrogen and oxygen atoms in total. The van der Waals surface area contributed by atoms with Crippen LogP contribution in [0.25, 0.3) is 0 Å². The molecule has 2 aliphatic rings. The smallest absolute Gasteiger partial charge is 0.242 e. The Labute approximate surface area is 125 Å². The molecular formula is C15H20N2O3S. The number of rotatable bonds is 3. The average Bonchev–Trinajstić information content (AvgIpc) is 3.02. The molecule has 0 bridgehead atoms. The van der Waals surface area contributed by atoms with Crippen LogP contribution in [-0.4, -0.2) is 56.9 Å². The van der Waals surface area contributed by atoms with E-state index in [1.54, 1.807) is 11.9 Å². The average molecular weight is 308 g/mol. The minimum Gasteiger partial charge on any atom is -0.362 e. The first kappa shape index (κ1) is 14.4. The van der Waals surface area contributed by atoms with Crippen molar-refractivity contribution in [2.45, 2.75) is 18.9 Å². The lowest BCUT2D eigenvalue weighted by Gasteiger charge is -2.27. The van der Waals surface area contributed by atoms with Crippen LogP contribution in [0.2, 0.25) is 0 Å². The second-order valence-electron chi connectivity index (χ2n) is 5.86. The van der Waals surface area contributed by atoms with Gasteiger partial charge in [0.1, 0.15) is 0 Å². The molecule has 1 fully saturated rings. The second-order valence-corrected chi connectivity index (χ2v) is 8.09. The number of carbonyl (C=O) groups is 1. The molecule has 0 aromatic heterocycles. The Kier molecular flexibility index (Phi) is 3.65. The Morgan fingerprint density at radius 2 is 2.14 bits per heavy atom. The molecule has 0 radical (unpaired) electrons. The SMILES string of the molecule is CN(C(=O)CN1CCc2ccccc21)[C@H]1CCS(=O)(=O)C1. The van der Waals surface area contributed by atoms with E-state index >= 15 is 0 Å². The molecule has 21 heavy (non-hydrogen) atoms. The normalized spacial score (nSPS) is 23.1. The highest BCUT2D eigenvalue weighted by Crippen LogP contribution is 2.27. The molecule has 1 aromatic rings. The maximum atomic E-state index is 12.4. The number of para-hydroxylation sites is 1. The first-order chi connectivity index (χ1) is 9.96. The number of nitrogens with zero attached hydrogens (tertiary/aromatic N) is 2. The predicted octanol–water partition coefficient (Wildman–Crippen LogP) is 0.695. The van der Waals surface area contributed by atoms with E-state index in [0.717, 1.165) is 18.7 Å². The molecule has 1 aromatic carbocycles. The van der Waals surface area contributed by atoms with Crippen molar-refractivity contribution < 1.29 is 13.2 Å². The first-order valence-electron chi connectivity index (χ1n) is 7.25. The Bertz CT molecular complexity index is 657. The van der Waals surface area contributed by atoms with E-state index in [2.05, 4.69) is 11.0 Å². The second kappa shape index (κ2) is 5.33. The number of hydrogen-bond acceptors (Lipinski definition) is 4. The molecule has 0 saturated carbocycles. The number of likely N-dealkylation sites (N-methyl/N-ethyl adjacent to an activating group) is 1.